The molecule has 0 radical (unpaired) electrons. The largest absolute Gasteiger partial charge is 0.493 e. The van der Waals surface area contributed by atoms with E-state index in [1.807, 2.05) is 17.0 Å². The number of amides is 2. The molecule has 0 unspecified atom stereocenters. The smallest absolute Gasteiger partial charge is 0.240 e. The van der Waals surface area contributed by atoms with E-state index < -0.39 is 0 Å². The Balaban J connectivity index is 1.17. The van der Waals surface area contributed by atoms with Gasteiger partial charge in [0.25, 0.3) is 0 Å². The van der Waals surface area contributed by atoms with E-state index in [1.165, 1.54) is 5.56 Å². The first kappa shape index (κ1) is 23.3. The Bertz CT molecular complexity index is 1120. The number of carbonyl (C=O) groups excluding carboxylic acids is 2. The van der Waals surface area contributed by atoms with Crippen LogP contribution in [0.25, 0.3) is 0 Å². The van der Waals surface area contributed by atoms with Crippen LogP contribution in [0.4, 0.5) is 5.69 Å². The summed E-state index contributed by atoms with van der Waals surface area (Å²) in [6, 6.07) is 9.15. The maximum Gasteiger partial charge on any atom is 0.240 e. The maximum atomic E-state index is 13.4. The number of ether oxygens (including phenoxy) is 4. The Morgan fingerprint density at radius 3 is 2.60 bits per heavy atom. The van der Waals surface area contributed by atoms with Crippen molar-refractivity contribution < 1.29 is 28.5 Å². The Kier molecular flexibility index (Phi) is 6.68. The second kappa shape index (κ2) is 10.0. The number of methoxy groups -OCH3 is 2. The Morgan fingerprint density at radius 1 is 1.03 bits per heavy atom. The van der Waals surface area contributed by atoms with Gasteiger partial charge >= 0.3 is 0 Å². The molecular formula is C26H31N3O6. The minimum absolute atomic E-state index is 0.0880. The molecule has 0 bridgehead atoms. The fourth-order valence-corrected chi connectivity index (χ4v) is 5.10. The van der Waals surface area contributed by atoms with Crippen LogP contribution in [0, 0.1) is 0 Å². The monoisotopic (exact) mass is 481 g/mol. The number of carbonyl (C=O) groups is 2. The lowest BCUT2D eigenvalue weighted by molar-refractivity contribution is -0.137. The predicted molar refractivity (Wildman–Crippen MR) is 129 cm³/mol. The van der Waals surface area contributed by atoms with Crippen molar-refractivity contribution in [2.45, 2.75) is 38.3 Å². The quantitative estimate of drug-likeness (QED) is 0.651. The highest BCUT2D eigenvalue weighted by Crippen LogP contribution is 2.35. The van der Waals surface area contributed by atoms with Gasteiger partial charge < -0.3 is 29.2 Å². The lowest BCUT2D eigenvalue weighted by atomic mass is 9.98. The van der Waals surface area contributed by atoms with Gasteiger partial charge in [-0.2, -0.15) is 0 Å². The van der Waals surface area contributed by atoms with Crippen LogP contribution in [0.2, 0.25) is 0 Å². The minimum Gasteiger partial charge on any atom is -0.493 e. The topological polar surface area (TPSA) is 89.6 Å². The van der Waals surface area contributed by atoms with Crippen LogP contribution in [0.1, 0.15) is 30.4 Å². The number of rotatable bonds is 7. The molecule has 1 atom stereocenters. The summed E-state index contributed by atoms with van der Waals surface area (Å²) >= 11 is 0. The van der Waals surface area contributed by atoms with E-state index in [1.54, 1.807) is 32.4 Å². The van der Waals surface area contributed by atoms with Gasteiger partial charge in [-0.1, -0.05) is 0 Å². The van der Waals surface area contributed by atoms with Crippen molar-refractivity contribution in [3.63, 3.8) is 0 Å². The molecule has 3 aliphatic heterocycles. The van der Waals surface area contributed by atoms with E-state index in [4.69, 9.17) is 18.9 Å². The van der Waals surface area contributed by atoms with Crippen LogP contribution in [0.3, 0.4) is 0 Å². The van der Waals surface area contributed by atoms with Gasteiger partial charge in [0, 0.05) is 37.8 Å². The third kappa shape index (κ3) is 4.86. The molecule has 186 valence electrons. The average Bonchev–Trinajstić information content (AvgIpc) is 3.55. The van der Waals surface area contributed by atoms with Crippen LogP contribution in [-0.2, 0) is 22.6 Å². The molecule has 2 aromatic rings. The molecule has 1 fully saturated rings. The number of likely N-dealkylation sites (tertiary alicyclic amines) is 1. The number of fused-ring (bicyclic) bond motifs is 2. The summed E-state index contributed by atoms with van der Waals surface area (Å²) in [7, 11) is 3.25. The van der Waals surface area contributed by atoms with E-state index in [2.05, 4.69) is 10.2 Å². The molecule has 9 heteroatoms. The zero-order valence-corrected chi connectivity index (χ0v) is 20.2. The number of nitrogens with one attached hydrogen (secondary N) is 1. The average molecular weight is 482 g/mol. The van der Waals surface area contributed by atoms with Gasteiger partial charge in [-0.25, -0.2) is 0 Å². The van der Waals surface area contributed by atoms with E-state index >= 15 is 0 Å². The number of hydrogen-bond donors (Lipinski definition) is 1. The molecule has 1 saturated heterocycles. The summed E-state index contributed by atoms with van der Waals surface area (Å²) in [6.07, 6.45) is 2.87. The Morgan fingerprint density at radius 2 is 1.80 bits per heavy atom. The van der Waals surface area contributed by atoms with Gasteiger partial charge in [0.2, 0.25) is 18.6 Å². The molecule has 0 aliphatic carbocycles. The van der Waals surface area contributed by atoms with Crippen molar-refractivity contribution in [2.24, 2.45) is 0 Å². The highest BCUT2D eigenvalue weighted by atomic mass is 16.7. The van der Waals surface area contributed by atoms with Gasteiger partial charge in [-0.15, -0.1) is 0 Å². The van der Waals surface area contributed by atoms with Crippen molar-refractivity contribution in [1.29, 1.82) is 0 Å². The fraction of sp³-hybridized carbons (Fsp3) is 0.462. The summed E-state index contributed by atoms with van der Waals surface area (Å²) in [5.41, 5.74) is 2.96. The Hall–Kier alpha value is -3.46. The predicted octanol–water partition coefficient (Wildman–Crippen LogP) is 2.81. The molecule has 1 N–H and O–H groups in total. The standard InChI is InChI=1S/C26H31N3O6/c1-32-22-12-17-7-10-29(15-18(17)13-23(22)33-2)26(31)20-4-3-9-28(20)11-8-25(30)27-19-5-6-21-24(14-19)35-16-34-21/h5-6,12-14,20H,3-4,7-11,15-16H2,1-2H3,(H,27,30)/t20-/m0/s1. The second-order valence-corrected chi connectivity index (χ2v) is 9.05. The molecule has 5 rings (SSSR count). The van der Waals surface area contributed by atoms with Crippen LogP contribution in [-0.4, -0.2) is 68.3 Å². The zero-order chi connectivity index (χ0) is 24.4. The zero-order valence-electron chi connectivity index (χ0n) is 20.2. The SMILES string of the molecule is COc1cc2c(cc1OC)CN(C(=O)[C@@H]1CCCN1CCC(=O)Nc1ccc3c(c1)OCO3)CC2. The number of nitrogens with zero attached hydrogens (tertiary/aromatic N) is 2. The Labute approximate surface area is 204 Å². The van der Waals surface area contributed by atoms with Gasteiger partial charge in [0.15, 0.2) is 23.0 Å². The number of anilines is 1. The van der Waals surface area contributed by atoms with Crippen LogP contribution < -0.4 is 24.3 Å². The summed E-state index contributed by atoms with van der Waals surface area (Å²) < 4.78 is 21.5. The highest BCUT2D eigenvalue weighted by molar-refractivity contribution is 5.91. The molecule has 0 aromatic heterocycles. The molecule has 9 nitrogen and oxygen atoms in total. The van der Waals surface area contributed by atoms with Gasteiger partial charge in [-0.05, 0) is 61.2 Å². The van der Waals surface area contributed by atoms with Gasteiger partial charge in [0.1, 0.15) is 0 Å². The van der Waals surface area contributed by atoms with E-state index in [0.29, 0.717) is 54.7 Å². The summed E-state index contributed by atoms with van der Waals surface area (Å²) in [5.74, 6) is 2.75. The summed E-state index contributed by atoms with van der Waals surface area (Å²) in [6.45, 7) is 2.80. The van der Waals surface area contributed by atoms with E-state index in [0.717, 1.165) is 31.4 Å². The molecular weight excluding hydrogens is 450 g/mol. The first-order valence-electron chi connectivity index (χ1n) is 12.0. The molecule has 2 amide bonds. The third-order valence-electron chi connectivity index (χ3n) is 6.96. The van der Waals surface area contributed by atoms with Crippen LogP contribution >= 0.6 is 0 Å². The third-order valence-corrected chi connectivity index (χ3v) is 6.96. The maximum absolute atomic E-state index is 13.4. The van der Waals surface area contributed by atoms with Crippen LogP contribution in [0.15, 0.2) is 30.3 Å². The first-order chi connectivity index (χ1) is 17.1. The van der Waals surface area contributed by atoms with Crippen molar-refractivity contribution >= 4 is 17.5 Å². The van der Waals surface area contributed by atoms with Crippen molar-refractivity contribution in [3.05, 3.63) is 41.5 Å². The molecule has 0 saturated carbocycles. The normalized spacial score (nSPS) is 18.8. The van der Waals surface area contributed by atoms with Crippen molar-refractivity contribution in [3.8, 4) is 23.0 Å². The van der Waals surface area contributed by atoms with E-state index in [-0.39, 0.29) is 24.6 Å². The van der Waals surface area contributed by atoms with Gasteiger partial charge in [-0.3, -0.25) is 14.5 Å². The molecule has 3 aliphatic rings. The van der Waals surface area contributed by atoms with Crippen molar-refractivity contribution in [1.82, 2.24) is 9.80 Å². The van der Waals surface area contributed by atoms with Crippen molar-refractivity contribution in [2.75, 3.05) is 46.0 Å². The van der Waals surface area contributed by atoms with Gasteiger partial charge in [0.05, 0.1) is 20.3 Å². The second-order valence-electron chi connectivity index (χ2n) is 9.05. The van der Waals surface area contributed by atoms with Crippen LogP contribution in [0.5, 0.6) is 23.0 Å². The fourth-order valence-electron chi connectivity index (χ4n) is 5.10. The summed E-state index contributed by atoms with van der Waals surface area (Å²) in [4.78, 5) is 30.1. The lowest BCUT2D eigenvalue weighted by Crippen LogP contribution is -2.47. The molecule has 2 aromatic carbocycles. The number of benzene rings is 2. The highest BCUT2D eigenvalue weighted by Gasteiger charge is 2.35. The molecule has 0 spiro atoms. The molecule has 3 heterocycles. The summed E-state index contributed by atoms with van der Waals surface area (Å²) in [5, 5.41) is 2.92. The molecule has 35 heavy (non-hydrogen) atoms. The first-order valence-corrected chi connectivity index (χ1v) is 12.0. The number of hydrogen-bond acceptors (Lipinski definition) is 7. The minimum atomic E-state index is -0.185. The lowest BCUT2D eigenvalue weighted by Gasteiger charge is -2.34. The van der Waals surface area contributed by atoms with E-state index in [9.17, 15) is 9.59 Å².